The van der Waals surface area contributed by atoms with Gasteiger partial charge in [-0.15, -0.1) is 0 Å². The summed E-state index contributed by atoms with van der Waals surface area (Å²) in [4.78, 5) is 25.2. The van der Waals surface area contributed by atoms with Crippen molar-refractivity contribution >= 4 is 11.8 Å². The summed E-state index contributed by atoms with van der Waals surface area (Å²) in [6.45, 7) is 7.15. The molecule has 0 fully saturated rings. The summed E-state index contributed by atoms with van der Waals surface area (Å²) < 4.78 is 11.1. The van der Waals surface area contributed by atoms with E-state index < -0.39 is 6.04 Å². The summed E-state index contributed by atoms with van der Waals surface area (Å²) in [7, 11) is 0. The topological polar surface area (TPSA) is 76.7 Å². The van der Waals surface area contributed by atoms with Crippen LogP contribution in [0.3, 0.4) is 0 Å². The molecule has 1 heterocycles. The molecule has 3 rings (SSSR count). The number of rotatable bonds is 6. The van der Waals surface area contributed by atoms with Gasteiger partial charge in [-0.3, -0.25) is 9.59 Å². The molecule has 1 aliphatic rings. The number of benzene rings is 2. The highest BCUT2D eigenvalue weighted by atomic mass is 16.6. The maximum absolute atomic E-state index is 12.7. The van der Waals surface area contributed by atoms with E-state index in [0.717, 1.165) is 11.1 Å². The molecular weight excluding hydrogens is 356 g/mol. The second-order valence-electron chi connectivity index (χ2n) is 7.26. The fourth-order valence-electron chi connectivity index (χ4n) is 3.04. The first-order valence-corrected chi connectivity index (χ1v) is 9.48. The van der Waals surface area contributed by atoms with Crippen molar-refractivity contribution < 1.29 is 19.1 Å². The molecule has 0 saturated heterocycles. The van der Waals surface area contributed by atoms with Crippen LogP contribution in [0.15, 0.2) is 42.5 Å². The molecule has 0 unspecified atom stereocenters. The molecule has 1 atom stereocenters. The number of hydrogen-bond donors (Lipinski definition) is 2. The predicted molar refractivity (Wildman–Crippen MR) is 107 cm³/mol. The van der Waals surface area contributed by atoms with Gasteiger partial charge in [-0.1, -0.05) is 37.6 Å². The molecule has 0 aliphatic carbocycles. The van der Waals surface area contributed by atoms with Crippen molar-refractivity contribution in [3.05, 3.63) is 59.2 Å². The van der Waals surface area contributed by atoms with Crippen molar-refractivity contribution in [1.82, 2.24) is 10.6 Å². The van der Waals surface area contributed by atoms with Crippen LogP contribution < -0.4 is 20.1 Å². The maximum Gasteiger partial charge on any atom is 0.251 e. The Morgan fingerprint density at radius 3 is 2.50 bits per heavy atom. The number of amides is 2. The zero-order valence-corrected chi connectivity index (χ0v) is 16.5. The van der Waals surface area contributed by atoms with Crippen molar-refractivity contribution in [2.45, 2.75) is 33.4 Å². The Hall–Kier alpha value is -3.02. The van der Waals surface area contributed by atoms with E-state index in [9.17, 15) is 9.59 Å². The first kappa shape index (κ1) is 19.7. The minimum Gasteiger partial charge on any atom is -0.486 e. The van der Waals surface area contributed by atoms with Gasteiger partial charge in [-0.2, -0.15) is 0 Å². The van der Waals surface area contributed by atoms with Crippen LogP contribution in [0.5, 0.6) is 11.5 Å². The lowest BCUT2D eigenvalue weighted by atomic mass is 10.0. The van der Waals surface area contributed by atoms with Crippen LogP contribution in [-0.2, 0) is 11.3 Å². The molecule has 6 heteroatoms. The quantitative estimate of drug-likeness (QED) is 0.805. The van der Waals surface area contributed by atoms with Gasteiger partial charge in [-0.25, -0.2) is 0 Å². The van der Waals surface area contributed by atoms with E-state index >= 15 is 0 Å². The zero-order valence-electron chi connectivity index (χ0n) is 16.5. The van der Waals surface area contributed by atoms with Gasteiger partial charge in [0.05, 0.1) is 0 Å². The Labute approximate surface area is 165 Å². The van der Waals surface area contributed by atoms with Crippen molar-refractivity contribution in [1.29, 1.82) is 0 Å². The second-order valence-corrected chi connectivity index (χ2v) is 7.26. The number of ether oxygens (including phenoxy) is 2. The van der Waals surface area contributed by atoms with Crippen LogP contribution in [0, 0.1) is 12.8 Å². The zero-order chi connectivity index (χ0) is 20.1. The van der Waals surface area contributed by atoms with Crippen LogP contribution in [-0.4, -0.2) is 31.1 Å². The molecule has 1 aliphatic heterocycles. The smallest absolute Gasteiger partial charge is 0.251 e. The van der Waals surface area contributed by atoms with Crippen molar-refractivity contribution in [3.8, 4) is 11.5 Å². The van der Waals surface area contributed by atoms with Gasteiger partial charge in [0.25, 0.3) is 5.91 Å². The minimum atomic E-state index is -0.620. The van der Waals surface area contributed by atoms with Crippen LogP contribution in [0.1, 0.15) is 35.3 Å². The molecule has 2 amide bonds. The molecule has 148 valence electrons. The lowest BCUT2D eigenvalue weighted by Gasteiger charge is -2.22. The average Bonchev–Trinajstić information content (AvgIpc) is 2.69. The third-order valence-electron chi connectivity index (χ3n) is 4.59. The summed E-state index contributed by atoms with van der Waals surface area (Å²) >= 11 is 0. The summed E-state index contributed by atoms with van der Waals surface area (Å²) in [5.41, 5.74) is 2.45. The average molecular weight is 382 g/mol. The third-order valence-corrected chi connectivity index (χ3v) is 4.59. The van der Waals surface area contributed by atoms with Gasteiger partial charge in [0.15, 0.2) is 11.5 Å². The van der Waals surface area contributed by atoms with Gasteiger partial charge in [-0.05, 0) is 42.7 Å². The summed E-state index contributed by atoms with van der Waals surface area (Å²) in [6.07, 6.45) is 0. The van der Waals surface area contributed by atoms with Crippen LogP contribution >= 0.6 is 0 Å². The number of carbonyl (C=O) groups is 2. The Bertz CT molecular complexity index is 863. The third kappa shape index (κ3) is 4.82. The molecule has 0 saturated carbocycles. The number of hydrogen-bond acceptors (Lipinski definition) is 4. The SMILES string of the molecule is Cc1cccc(C(=O)N[C@H](C(=O)NCc2ccc3c(c2)OCCO3)C(C)C)c1. The fourth-order valence-corrected chi connectivity index (χ4v) is 3.04. The minimum absolute atomic E-state index is 0.0472. The Morgan fingerprint density at radius 1 is 1.04 bits per heavy atom. The van der Waals surface area contributed by atoms with Crippen molar-refractivity contribution in [2.24, 2.45) is 5.92 Å². The molecule has 6 nitrogen and oxygen atoms in total. The summed E-state index contributed by atoms with van der Waals surface area (Å²) in [6, 6.07) is 12.3. The van der Waals surface area contributed by atoms with E-state index in [-0.39, 0.29) is 17.7 Å². The lowest BCUT2D eigenvalue weighted by Crippen LogP contribution is -2.49. The second kappa shape index (κ2) is 8.78. The van der Waals surface area contributed by atoms with E-state index in [1.54, 1.807) is 12.1 Å². The Kier molecular flexibility index (Phi) is 6.19. The monoisotopic (exact) mass is 382 g/mol. The summed E-state index contributed by atoms with van der Waals surface area (Å²) in [5.74, 6) is 0.884. The molecule has 28 heavy (non-hydrogen) atoms. The molecule has 0 bridgehead atoms. The maximum atomic E-state index is 12.7. The number of fused-ring (bicyclic) bond motifs is 1. The van der Waals surface area contributed by atoms with Crippen LogP contribution in [0.25, 0.3) is 0 Å². The van der Waals surface area contributed by atoms with E-state index in [2.05, 4.69) is 10.6 Å². The lowest BCUT2D eigenvalue weighted by molar-refractivity contribution is -0.124. The normalized spacial score (nSPS) is 13.7. The van der Waals surface area contributed by atoms with E-state index in [1.165, 1.54) is 0 Å². The number of nitrogens with one attached hydrogen (secondary N) is 2. The van der Waals surface area contributed by atoms with Gasteiger partial charge >= 0.3 is 0 Å². The molecule has 2 N–H and O–H groups in total. The highest BCUT2D eigenvalue weighted by Gasteiger charge is 2.24. The van der Waals surface area contributed by atoms with Gasteiger partial charge in [0.1, 0.15) is 19.3 Å². The van der Waals surface area contributed by atoms with E-state index in [1.807, 2.05) is 51.1 Å². The first-order chi connectivity index (χ1) is 13.4. The Morgan fingerprint density at radius 2 is 1.79 bits per heavy atom. The van der Waals surface area contributed by atoms with Gasteiger partial charge in [0, 0.05) is 12.1 Å². The van der Waals surface area contributed by atoms with Crippen molar-refractivity contribution in [2.75, 3.05) is 13.2 Å². The van der Waals surface area contributed by atoms with Crippen LogP contribution in [0.2, 0.25) is 0 Å². The van der Waals surface area contributed by atoms with Crippen molar-refractivity contribution in [3.63, 3.8) is 0 Å². The number of carbonyl (C=O) groups excluding carboxylic acids is 2. The Balaban J connectivity index is 1.62. The largest absolute Gasteiger partial charge is 0.486 e. The van der Waals surface area contributed by atoms with E-state index in [0.29, 0.717) is 36.8 Å². The molecule has 2 aromatic rings. The highest BCUT2D eigenvalue weighted by Crippen LogP contribution is 2.30. The molecule has 0 spiro atoms. The summed E-state index contributed by atoms with van der Waals surface area (Å²) in [5, 5.41) is 5.76. The first-order valence-electron chi connectivity index (χ1n) is 9.48. The fraction of sp³-hybridized carbons (Fsp3) is 0.364. The molecule has 0 aromatic heterocycles. The van der Waals surface area contributed by atoms with Gasteiger partial charge < -0.3 is 20.1 Å². The molecule has 0 radical (unpaired) electrons. The van der Waals surface area contributed by atoms with Gasteiger partial charge in [0.2, 0.25) is 5.91 Å². The molecule has 2 aromatic carbocycles. The highest BCUT2D eigenvalue weighted by molar-refractivity contribution is 5.97. The van der Waals surface area contributed by atoms with E-state index in [4.69, 9.17) is 9.47 Å². The standard InChI is InChI=1S/C22H26N2O4/c1-14(2)20(24-21(25)17-6-4-5-15(3)11-17)22(26)23-13-16-7-8-18-19(12-16)28-10-9-27-18/h4-8,11-12,14,20H,9-10,13H2,1-3H3,(H,23,26)(H,24,25)/t20-/m0/s1. The number of aryl methyl sites for hydroxylation is 1. The molecular formula is C22H26N2O4. The van der Waals surface area contributed by atoms with Crippen LogP contribution in [0.4, 0.5) is 0 Å². The predicted octanol–water partition coefficient (Wildman–Crippen LogP) is 2.84.